The van der Waals surface area contributed by atoms with Crippen LogP contribution in [0.3, 0.4) is 0 Å². The van der Waals surface area contributed by atoms with Crippen LogP contribution < -0.4 is 11.1 Å². The van der Waals surface area contributed by atoms with Crippen LogP contribution in [-0.4, -0.2) is 20.9 Å². The van der Waals surface area contributed by atoms with E-state index in [4.69, 9.17) is 10.2 Å². The van der Waals surface area contributed by atoms with E-state index in [1.807, 2.05) is 13.8 Å². The van der Waals surface area contributed by atoms with Crippen molar-refractivity contribution in [3.63, 3.8) is 0 Å². The first-order valence-electron chi connectivity index (χ1n) is 6.26. The molecule has 108 valence electrons. The van der Waals surface area contributed by atoms with E-state index in [9.17, 15) is 4.79 Å². The van der Waals surface area contributed by atoms with Gasteiger partial charge in [0.2, 0.25) is 5.89 Å². The van der Waals surface area contributed by atoms with Crippen LogP contribution in [0, 0.1) is 13.8 Å². The number of hydrogen-bond donors (Lipinski definition) is 2. The Balaban J connectivity index is 1.79. The van der Waals surface area contributed by atoms with Crippen LogP contribution in [0.5, 0.6) is 0 Å². The molecule has 0 unspecified atom stereocenters. The molecule has 3 aromatic rings. The average Bonchev–Trinajstić information content (AvgIpc) is 2.98. The summed E-state index contributed by atoms with van der Waals surface area (Å²) in [5, 5.41) is 2.74. The zero-order valence-electron chi connectivity index (χ0n) is 11.5. The van der Waals surface area contributed by atoms with Crippen molar-refractivity contribution in [2.24, 2.45) is 0 Å². The molecule has 0 radical (unpaired) electrons. The Bertz CT molecular complexity index is 804. The zero-order chi connectivity index (χ0) is 15.0. The van der Waals surface area contributed by atoms with Crippen molar-refractivity contribution in [2.75, 3.05) is 5.73 Å². The maximum Gasteiger partial charge on any atom is 0.264 e. The topological polar surface area (TPSA) is 107 Å². The monoisotopic (exact) mass is 303 g/mol. The van der Waals surface area contributed by atoms with Crippen molar-refractivity contribution in [2.45, 2.75) is 20.4 Å². The van der Waals surface area contributed by atoms with Crippen molar-refractivity contribution in [3.05, 3.63) is 34.6 Å². The molecule has 0 aromatic carbocycles. The molecule has 0 atom stereocenters. The fourth-order valence-corrected chi connectivity index (χ4v) is 2.80. The number of fused-ring (bicyclic) bond motifs is 1. The number of aryl methyl sites for hydroxylation is 2. The molecule has 0 aliphatic rings. The minimum absolute atomic E-state index is 0.210. The smallest absolute Gasteiger partial charge is 0.264 e. The lowest BCUT2D eigenvalue weighted by molar-refractivity contribution is 0.0952. The molecule has 0 aliphatic carbocycles. The van der Waals surface area contributed by atoms with Crippen molar-refractivity contribution in [1.82, 2.24) is 20.3 Å². The van der Waals surface area contributed by atoms with Gasteiger partial charge < -0.3 is 15.5 Å². The number of carbonyl (C=O) groups excluding carboxylic acids is 1. The van der Waals surface area contributed by atoms with Crippen LogP contribution in [0.25, 0.3) is 10.3 Å². The molecular formula is C13H13N5O2S. The second kappa shape index (κ2) is 5.13. The van der Waals surface area contributed by atoms with E-state index in [0.29, 0.717) is 26.8 Å². The normalized spacial score (nSPS) is 11.0. The highest BCUT2D eigenvalue weighted by molar-refractivity contribution is 7.21. The van der Waals surface area contributed by atoms with Gasteiger partial charge in [-0.05, 0) is 13.8 Å². The van der Waals surface area contributed by atoms with Gasteiger partial charge in [-0.25, -0.2) is 15.0 Å². The van der Waals surface area contributed by atoms with Gasteiger partial charge in [0, 0.05) is 12.4 Å². The third kappa shape index (κ3) is 2.45. The quantitative estimate of drug-likeness (QED) is 0.764. The Kier molecular flexibility index (Phi) is 3.30. The summed E-state index contributed by atoms with van der Waals surface area (Å²) in [6.45, 7) is 3.89. The maximum absolute atomic E-state index is 12.2. The van der Waals surface area contributed by atoms with Gasteiger partial charge in [0.05, 0.1) is 17.9 Å². The summed E-state index contributed by atoms with van der Waals surface area (Å²) in [6.07, 6.45) is 3.11. The number of nitrogen functional groups attached to an aromatic ring is 1. The first-order valence-corrected chi connectivity index (χ1v) is 7.08. The number of rotatable bonds is 3. The molecule has 0 fully saturated rings. The summed E-state index contributed by atoms with van der Waals surface area (Å²) in [5.74, 6) is 0.925. The predicted octanol–water partition coefficient (Wildman–Crippen LogP) is 1.81. The van der Waals surface area contributed by atoms with E-state index < -0.39 is 0 Å². The van der Waals surface area contributed by atoms with Gasteiger partial charge in [-0.1, -0.05) is 0 Å². The van der Waals surface area contributed by atoms with Crippen LogP contribution in [-0.2, 0) is 6.54 Å². The molecule has 1 amide bonds. The Hall–Kier alpha value is -2.48. The number of amides is 1. The number of thiophene rings is 1. The molecule has 0 bridgehead atoms. The van der Waals surface area contributed by atoms with Gasteiger partial charge in [-0.15, -0.1) is 11.3 Å². The summed E-state index contributed by atoms with van der Waals surface area (Å²) in [7, 11) is 0. The summed E-state index contributed by atoms with van der Waals surface area (Å²) >= 11 is 1.21. The molecule has 0 saturated heterocycles. The SMILES string of the molecule is Cc1nc(CNC(=O)c2sc3nccnc3c2N)oc1C. The van der Waals surface area contributed by atoms with E-state index in [0.717, 1.165) is 11.5 Å². The van der Waals surface area contributed by atoms with E-state index in [1.54, 1.807) is 12.4 Å². The average molecular weight is 303 g/mol. The highest BCUT2D eigenvalue weighted by Gasteiger charge is 2.18. The van der Waals surface area contributed by atoms with Crippen LogP contribution in [0.15, 0.2) is 16.8 Å². The van der Waals surface area contributed by atoms with Crippen molar-refractivity contribution in [3.8, 4) is 0 Å². The third-order valence-corrected chi connectivity index (χ3v) is 4.14. The van der Waals surface area contributed by atoms with Gasteiger partial charge in [-0.3, -0.25) is 4.79 Å². The number of carbonyl (C=O) groups is 1. The first-order chi connectivity index (χ1) is 10.1. The molecule has 21 heavy (non-hydrogen) atoms. The molecule has 3 rings (SSSR count). The van der Waals surface area contributed by atoms with E-state index in [1.165, 1.54) is 11.3 Å². The fourth-order valence-electron chi connectivity index (χ4n) is 1.86. The zero-order valence-corrected chi connectivity index (χ0v) is 12.3. The van der Waals surface area contributed by atoms with Crippen molar-refractivity contribution >= 4 is 33.3 Å². The van der Waals surface area contributed by atoms with Gasteiger partial charge in [0.1, 0.15) is 21.0 Å². The van der Waals surface area contributed by atoms with E-state index in [2.05, 4.69) is 20.3 Å². The maximum atomic E-state index is 12.2. The Labute approximate surface area is 124 Å². The second-order valence-electron chi connectivity index (χ2n) is 4.49. The molecular weight excluding hydrogens is 290 g/mol. The minimum atomic E-state index is -0.286. The van der Waals surface area contributed by atoms with Gasteiger partial charge >= 0.3 is 0 Å². The lowest BCUT2D eigenvalue weighted by atomic mass is 10.3. The number of nitrogens with two attached hydrogens (primary N) is 1. The van der Waals surface area contributed by atoms with Crippen molar-refractivity contribution in [1.29, 1.82) is 0 Å². The van der Waals surface area contributed by atoms with Crippen LogP contribution >= 0.6 is 11.3 Å². The van der Waals surface area contributed by atoms with Crippen LogP contribution in [0.1, 0.15) is 27.0 Å². The van der Waals surface area contributed by atoms with Gasteiger partial charge in [0.25, 0.3) is 5.91 Å². The lowest BCUT2D eigenvalue weighted by Crippen LogP contribution is -2.22. The summed E-state index contributed by atoms with van der Waals surface area (Å²) in [5.41, 5.74) is 7.66. The molecule has 3 aromatic heterocycles. The number of aromatic nitrogens is 3. The van der Waals surface area contributed by atoms with Crippen molar-refractivity contribution < 1.29 is 9.21 Å². The Morgan fingerprint density at radius 1 is 1.38 bits per heavy atom. The number of hydrogen-bond acceptors (Lipinski definition) is 7. The molecule has 0 saturated carbocycles. The molecule has 3 N–H and O–H groups in total. The fraction of sp³-hybridized carbons (Fsp3) is 0.231. The van der Waals surface area contributed by atoms with Gasteiger partial charge in [-0.2, -0.15) is 0 Å². The summed E-state index contributed by atoms with van der Waals surface area (Å²) < 4.78 is 5.41. The van der Waals surface area contributed by atoms with Crippen LogP contribution in [0.2, 0.25) is 0 Å². The third-order valence-electron chi connectivity index (χ3n) is 3.04. The van der Waals surface area contributed by atoms with E-state index >= 15 is 0 Å². The molecule has 3 heterocycles. The number of anilines is 1. The number of oxazole rings is 1. The highest BCUT2D eigenvalue weighted by Crippen LogP contribution is 2.30. The van der Waals surface area contributed by atoms with Crippen LogP contribution in [0.4, 0.5) is 5.69 Å². The Morgan fingerprint density at radius 2 is 2.14 bits per heavy atom. The van der Waals surface area contributed by atoms with E-state index in [-0.39, 0.29) is 12.5 Å². The number of nitrogens with zero attached hydrogens (tertiary/aromatic N) is 3. The summed E-state index contributed by atoms with van der Waals surface area (Å²) in [6, 6.07) is 0. The predicted molar refractivity (Wildman–Crippen MR) is 79.0 cm³/mol. The number of nitrogens with one attached hydrogen (secondary N) is 1. The largest absolute Gasteiger partial charge is 0.444 e. The van der Waals surface area contributed by atoms with Gasteiger partial charge in [0.15, 0.2) is 0 Å². The minimum Gasteiger partial charge on any atom is -0.444 e. The first kappa shape index (κ1) is 13.5. The highest BCUT2D eigenvalue weighted by atomic mass is 32.1. The Morgan fingerprint density at radius 3 is 2.81 bits per heavy atom. The lowest BCUT2D eigenvalue weighted by Gasteiger charge is -2.01. The molecule has 7 nitrogen and oxygen atoms in total. The second-order valence-corrected chi connectivity index (χ2v) is 5.49. The standard InChI is InChI=1S/C13H13N5O2S/c1-6-7(2)20-8(18-6)5-17-12(19)11-9(14)10-13(21-11)16-4-3-15-10/h3-4H,5,14H2,1-2H3,(H,17,19). The molecule has 0 aliphatic heterocycles. The molecule has 8 heteroatoms. The molecule has 0 spiro atoms. The summed E-state index contributed by atoms with van der Waals surface area (Å²) in [4.78, 5) is 25.7.